The number of hydrazine groups is 1. The summed E-state index contributed by atoms with van der Waals surface area (Å²) in [6.07, 6.45) is 7.02. The molecular weight excluding hydrogens is 472 g/mol. The van der Waals surface area contributed by atoms with Crippen molar-refractivity contribution in [2.24, 2.45) is 0 Å². The molecule has 38 heavy (non-hydrogen) atoms. The molecule has 194 valence electrons. The number of amides is 1. The highest BCUT2D eigenvalue weighted by molar-refractivity contribution is 5.84. The number of fused-ring (bicyclic) bond motifs is 3. The number of carbonyl (C=O) groups excluding carboxylic acids is 1. The Bertz CT molecular complexity index is 1400. The van der Waals surface area contributed by atoms with Crippen molar-refractivity contribution in [3.8, 4) is 5.75 Å². The zero-order chi connectivity index (χ0) is 26.3. The smallest absolute Gasteiger partial charge is 0.223 e. The number of hydrogen-bond donors (Lipinski definition) is 2. The van der Waals surface area contributed by atoms with Crippen molar-refractivity contribution in [3.05, 3.63) is 114 Å². The number of anilines is 2. The van der Waals surface area contributed by atoms with Crippen molar-refractivity contribution in [2.75, 3.05) is 23.1 Å². The summed E-state index contributed by atoms with van der Waals surface area (Å²) in [6.45, 7) is 7.77. The Morgan fingerprint density at radius 1 is 1.00 bits per heavy atom. The van der Waals surface area contributed by atoms with Gasteiger partial charge >= 0.3 is 0 Å². The number of rotatable bonds is 6. The Hall–Kier alpha value is -4.03. The third-order valence-corrected chi connectivity index (χ3v) is 8.09. The highest BCUT2D eigenvalue weighted by atomic mass is 16.5. The maximum absolute atomic E-state index is 12.8. The molecule has 0 spiro atoms. The number of hydrogen-bond acceptors (Lipinski definition) is 5. The third kappa shape index (κ3) is 3.87. The summed E-state index contributed by atoms with van der Waals surface area (Å²) in [5, 5.41) is 5.47. The monoisotopic (exact) mass is 506 g/mol. The first-order valence-corrected chi connectivity index (χ1v) is 13.4. The molecule has 6 nitrogen and oxygen atoms in total. The van der Waals surface area contributed by atoms with Crippen molar-refractivity contribution < 1.29 is 9.53 Å². The van der Waals surface area contributed by atoms with Crippen LogP contribution >= 0.6 is 0 Å². The fraction of sp³-hybridized carbons (Fsp3) is 0.281. The quantitative estimate of drug-likeness (QED) is 0.456. The molecule has 6 heteroatoms. The summed E-state index contributed by atoms with van der Waals surface area (Å²) in [7, 11) is 0. The van der Waals surface area contributed by atoms with Gasteiger partial charge in [0, 0.05) is 30.3 Å². The summed E-state index contributed by atoms with van der Waals surface area (Å²) >= 11 is 0. The van der Waals surface area contributed by atoms with Gasteiger partial charge in [0.1, 0.15) is 11.4 Å². The molecule has 3 aromatic carbocycles. The minimum atomic E-state index is -0.656. The largest absolute Gasteiger partial charge is 0.494 e. The van der Waals surface area contributed by atoms with E-state index >= 15 is 0 Å². The van der Waals surface area contributed by atoms with Gasteiger partial charge in [-0.05, 0) is 60.0 Å². The SMILES string of the molecule is CCOc1ccc(C2NN(c3ccccc3)C=C2C=CC23NC(=O)CCN2c2ccccc2C3(C)C)cc1. The average Bonchev–Trinajstić information content (AvgIpc) is 3.44. The topological polar surface area (TPSA) is 56.8 Å². The van der Waals surface area contributed by atoms with Gasteiger partial charge in [-0.3, -0.25) is 9.80 Å². The van der Waals surface area contributed by atoms with E-state index < -0.39 is 5.66 Å². The van der Waals surface area contributed by atoms with Gasteiger partial charge in [-0.25, -0.2) is 5.43 Å². The van der Waals surface area contributed by atoms with Crippen LogP contribution in [0, 0.1) is 0 Å². The normalized spacial score (nSPS) is 23.7. The summed E-state index contributed by atoms with van der Waals surface area (Å²) in [5.41, 5.74) is 8.43. The molecule has 3 heterocycles. The number of nitrogens with one attached hydrogen (secondary N) is 2. The summed E-state index contributed by atoms with van der Waals surface area (Å²) < 4.78 is 5.67. The fourth-order valence-electron chi connectivity index (χ4n) is 6.08. The Labute approximate surface area is 224 Å². The molecule has 2 atom stereocenters. The molecule has 2 unspecified atom stereocenters. The van der Waals surface area contributed by atoms with Crippen LogP contribution in [0.4, 0.5) is 11.4 Å². The minimum absolute atomic E-state index is 0.0573. The minimum Gasteiger partial charge on any atom is -0.494 e. The van der Waals surface area contributed by atoms with Crippen molar-refractivity contribution in [1.29, 1.82) is 0 Å². The number of benzene rings is 3. The van der Waals surface area contributed by atoms with Crippen LogP contribution < -0.4 is 25.4 Å². The van der Waals surface area contributed by atoms with Crippen molar-refractivity contribution in [2.45, 2.75) is 44.3 Å². The molecular formula is C32H34N4O2. The maximum atomic E-state index is 12.8. The molecule has 2 N–H and O–H groups in total. The lowest BCUT2D eigenvalue weighted by Gasteiger charge is -2.49. The Kier molecular flexibility index (Phi) is 6.00. The molecule has 0 aliphatic carbocycles. The number of ether oxygens (including phenoxy) is 1. The Morgan fingerprint density at radius 2 is 1.74 bits per heavy atom. The highest BCUT2D eigenvalue weighted by Crippen LogP contribution is 2.52. The van der Waals surface area contributed by atoms with Crippen LogP contribution in [0.5, 0.6) is 5.75 Å². The lowest BCUT2D eigenvalue weighted by atomic mass is 9.74. The predicted molar refractivity (Wildman–Crippen MR) is 152 cm³/mol. The predicted octanol–water partition coefficient (Wildman–Crippen LogP) is 5.61. The number of para-hydroxylation sites is 2. The van der Waals surface area contributed by atoms with E-state index in [1.807, 2.05) is 37.3 Å². The van der Waals surface area contributed by atoms with Gasteiger partial charge in [0.05, 0.1) is 18.3 Å². The average molecular weight is 507 g/mol. The second-order valence-electron chi connectivity index (χ2n) is 10.6. The summed E-state index contributed by atoms with van der Waals surface area (Å²) in [5.74, 6) is 0.944. The van der Waals surface area contributed by atoms with Crippen LogP contribution in [-0.2, 0) is 10.2 Å². The van der Waals surface area contributed by atoms with E-state index in [4.69, 9.17) is 4.74 Å². The van der Waals surface area contributed by atoms with E-state index in [1.54, 1.807) is 0 Å². The molecule has 0 radical (unpaired) electrons. The van der Waals surface area contributed by atoms with Crippen LogP contribution in [0.25, 0.3) is 0 Å². The molecule has 1 fully saturated rings. The van der Waals surface area contributed by atoms with Crippen LogP contribution in [0.15, 0.2) is 103 Å². The standard InChI is InChI=1S/C32H34N4O2/c1-4-38-26-16-14-23(15-17-26)30-24(22-36(34-30)25-10-6-5-7-11-25)18-20-32-31(2,3)27-12-8-9-13-28(27)35(32)21-19-29(37)33-32/h5-18,20,22,30,34H,4,19,21H2,1-3H3,(H,33,37). The van der Waals surface area contributed by atoms with Crippen LogP contribution in [0.2, 0.25) is 0 Å². The van der Waals surface area contributed by atoms with Crippen molar-refractivity contribution >= 4 is 17.3 Å². The lowest BCUT2D eigenvalue weighted by Crippen LogP contribution is -2.68. The molecule has 0 saturated carbocycles. The van der Waals surface area contributed by atoms with Crippen LogP contribution in [0.3, 0.4) is 0 Å². The molecule has 0 bridgehead atoms. The van der Waals surface area contributed by atoms with Crippen molar-refractivity contribution in [1.82, 2.24) is 10.7 Å². The Morgan fingerprint density at radius 3 is 2.50 bits per heavy atom. The van der Waals surface area contributed by atoms with Gasteiger partial charge in [0.25, 0.3) is 0 Å². The molecule has 3 aliphatic rings. The molecule has 1 saturated heterocycles. The van der Waals surface area contributed by atoms with E-state index in [9.17, 15) is 4.79 Å². The Balaban J connectivity index is 1.41. The van der Waals surface area contributed by atoms with Crippen molar-refractivity contribution in [3.63, 3.8) is 0 Å². The van der Waals surface area contributed by atoms with E-state index in [-0.39, 0.29) is 17.4 Å². The van der Waals surface area contributed by atoms with Gasteiger partial charge < -0.3 is 15.0 Å². The van der Waals surface area contributed by atoms with E-state index in [0.717, 1.165) is 22.6 Å². The van der Waals surface area contributed by atoms with E-state index in [2.05, 4.69) is 101 Å². The second-order valence-corrected chi connectivity index (χ2v) is 10.6. The third-order valence-electron chi connectivity index (χ3n) is 8.09. The molecule has 6 rings (SSSR count). The first-order chi connectivity index (χ1) is 18.4. The van der Waals surface area contributed by atoms with Gasteiger partial charge in [-0.1, -0.05) is 68.5 Å². The molecule has 3 aliphatic heterocycles. The first kappa shape index (κ1) is 24.3. The summed E-state index contributed by atoms with van der Waals surface area (Å²) in [6, 6.07) is 27.0. The fourth-order valence-corrected chi connectivity index (χ4v) is 6.08. The summed E-state index contributed by atoms with van der Waals surface area (Å²) in [4.78, 5) is 15.2. The zero-order valence-corrected chi connectivity index (χ0v) is 22.1. The first-order valence-electron chi connectivity index (χ1n) is 13.4. The molecule has 3 aromatic rings. The number of nitrogens with zero attached hydrogens (tertiary/aromatic N) is 2. The zero-order valence-electron chi connectivity index (χ0n) is 22.1. The lowest BCUT2D eigenvalue weighted by molar-refractivity contribution is -0.124. The van der Waals surface area contributed by atoms with Gasteiger partial charge in [0.15, 0.2) is 0 Å². The van der Waals surface area contributed by atoms with Crippen LogP contribution in [0.1, 0.15) is 44.4 Å². The van der Waals surface area contributed by atoms with Crippen LogP contribution in [-0.4, -0.2) is 24.7 Å². The van der Waals surface area contributed by atoms with E-state index in [1.165, 1.54) is 11.3 Å². The maximum Gasteiger partial charge on any atom is 0.223 e. The van der Waals surface area contributed by atoms with Gasteiger partial charge in [-0.2, -0.15) is 0 Å². The van der Waals surface area contributed by atoms with Gasteiger partial charge in [-0.15, -0.1) is 0 Å². The highest BCUT2D eigenvalue weighted by Gasteiger charge is 2.57. The molecule has 0 aromatic heterocycles. The van der Waals surface area contributed by atoms with Gasteiger partial charge in [0.2, 0.25) is 5.91 Å². The second kappa shape index (κ2) is 9.37. The van der Waals surface area contributed by atoms with E-state index in [0.29, 0.717) is 19.6 Å². The number of carbonyl (C=O) groups is 1. The molecule has 1 amide bonds.